The Labute approximate surface area is 130 Å². The number of rotatable bonds is 3. The molecule has 3 rings (SSSR count). The van der Waals surface area contributed by atoms with Crippen LogP contribution in [0.1, 0.15) is 51.4 Å². The van der Waals surface area contributed by atoms with Gasteiger partial charge >= 0.3 is 0 Å². The highest BCUT2D eigenvalue weighted by atomic mass is 79.9. The van der Waals surface area contributed by atoms with Crippen molar-refractivity contribution >= 4 is 21.6 Å². The number of benzene rings is 1. The van der Waals surface area contributed by atoms with Crippen LogP contribution in [0.3, 0.4) is 0 Å². The summed E-state index contributed by atoms with van der Waals surface area (Å²) in [7, 11) is 0. The molecule has 2 saturated carbocycles. The smallest absolute Gasteiger partial charge is 0.0496 e. The molecule has 0 saturated heterocycles. The summed E-state index contributed by atoms with van der Waals surface area (Å²) in [5, 5.41) is 3.74. The molecular formula is C17H25BrN2. The van der Waals surface area contributed by atoms with Crippen LogP contribution in [0.4, 0.5) is 5.69 Å². The van der Waals surface area contributed by atoms with Gasteiger partial charge in [0, 0.05) is 22.2 Å². The van der Waals surface area contributed by atoms with Gasteiger partial charge in [-0.2, -0.15) is 0 Å². The summed E-state index contributed by atoms with van der Waals surface area (Å²) < 4.78 is 1.12. The summed E-state index contributed by atoms with van der Waals surface area (Å²) in [6.07, 6.45) is 10.9. The zero-order valence-electron chi connectivity index (χ0n) is 12.1. The highest BCUT2D eigenvalue weighted by Crippen LogP contribution is 2.51. The van der Waals surface area contributed by atoms with E-state index in [0.29, 0.717) is 5.41 Å². The number of hydrogen-bond acceptors (Lipinski definition) is 2. The highest BCUT2D eigenvalue weighted by Gasteiger charge is 2.43. The van der Waals surface area contributed by atoms with Crippen LogP contribution >= 0.6 is 15.9 Å². The molecule has 2 fully saturated rings. The van der Waals surface area contributed by atoms with Gasteiger partial charge in [-0.1, -0.05) is 34.8 Å². The van der Waals surface area contributed by atoms with Crippen molar-refractivity contribution in [1.29, 1.82) is 0 Å². The quantitative estimate of drug-likeness (QED) is 0.839. The molecule has 3 N–H and O–H groups in total. The van der Waals surface area contributed by atoms with Crippen LogP contribution in [-0.4, -0.2) is 12.1 Å². The summed E-state index contributed by atoms with van der Waals surface area (Å²) in [6.45, 7) is 0.732. The molecule has 20 heavy (non-hydrogen) atoms. The van der Waals surface area contributed by atoms with Crippen molar-refractivity contribution in [2.75, 3.05) is 11.9 Å². The summed E-state index contributed by atoms with van der Waals surface area (Å²) in [5.74, 6) is 0. The Bertz CT molecular complexity index is 456. The summed E-state index contributed by atoms with van der Waals surface area (Å²) in [6, 6.07) is 8.44. The zero-order chi connectivity index (χ0) is 14.1. The van der Waals surface area contributed by atoms with Gasteiger partial charge in [-0.05, 0) is 62.1 Å². The van der Waals surface area contributed by atoms with Crippen LogP contribution in [0, 0.1) is 5.41 Å². The molecule has 3 heteroatoms. The molecule has 0 unspecified atom stereocenters. The van der Waals surface area contributed by atoms with Crippen molar-refractivity contribution in [1.82, 2.24) is 0 Å². The number of anilines is 1. The second-order valence-electron chi connectivity index (χ2n) is 6.83. The van der Waals surface area contributed by atoms with Crippen molar-refractivity contribution < 1.29 is 0 Å². The van der Waals surface area contributed by atoms with E-state index in [-0.39, 0.29) is 5.54 Å². The van der Waals surface area contributed by atoms with Crippen molar-refractivity contribution in [3.63, 3.8) is 0 Å². The van der Waals surface area contributed by atoms with Crippen molar-refractivity contribution in [3.05, 3.63) is 28.7 Å². The van der Waals surface area contributed by atoms with Crippen LogP contribution < -0.4 is 11.1 Å². The molecule has 2 aliphatic carbocycles. The molecule has 0 bridgehead atoms. The van der Waals surface area contributed by atoms with E-state index in [1.165, 1.54) is 57.1 Å². The summed E-state index contributed by atoms with van der Waals surface area (Å²) in [5.41, 5.74) is 8.09. The van der Waals surface area contributed by atoms with E-state index in [1.807, 2.05) is 0 Å². The Hall–Kier alpha value is -0.540. The minimum Gasteiger partial charge on any atom is -0.378 e. The van der Waals surface area contributed by atoms with Crippen molar-refractivity contribution in [3.8, 4) is 0 Å². The fourth-order valence-electron chi connectivity index (χ4n) is 4.14. The predicted molar refractivity (Wildman–Crippen MR) is 88.9 cm³/mol. The molecule has 0 heterocycles. The minimum absolute atomic E-state index is 0.106. The van der Waals surface area contributed by atoms with Crippen LogP contribution in [-0.2, 0) is 0 Å². The lowest BCUT2D eigenvalue weighted by atomic mass is 9.66. The molecule has 1 spiro atoms. The third-order valence-corrected chi connectivity index (χ3v) is 6.05. The van der Waals surface area contributed by atoms with E-state index in [0.717, 1.165) is 11.0 Å². The second-order valence-corrected chi connectivity index (χ2v) is 7.74. The Kier molecular flexibility index (Phi) is 4.09. The van der Waals surface area contributed by atoms with Gasteiger partial charge in [-0.3, -0.25) is 0 Å². The lowest BCUT2D eigenvalue weighted by Crippen LogP contribution is -2.49. The van der Waals surface area contributed by atoms with Crippen molar-refractivity contribution in [2.45, 2.75) is 56.9 Å². The van der Waals surface area contributed by atoms with E-state index in [4.69, 9.17) is 5.73 Å². The molecule has 2 nitrogen and oxygen atoms in total. The normalized spacial score (nSPS) is 23.9. The maximum Gasteiger partial charge on any atom is 0.0496 e. The maximum absolute atomic E-state index is 6.14. The topological polar surface area (TPSA) is 38.0 Å². The van der Waals surface area contributed by atoms with Gasteiger partial charge in [-0.25, -0.2) is 0 Å². The summed E-state index contributed by atoms with van der Waals surface area (Å²) in [4.78, 5) is 0. The Morgan fingerprint density at radius 3 is 2.35 bits per heavy atom. The minimum atomic E-state index is 0.106. The molecule has 1 aromatic carbocycles. The molecule has 0 aromatic heterocycles. The SMILES string of the molecule is NCC1(Nc2cccc(Br)c2)CCC2(CCCC2)CC1. The van der Waals surface area contributed by atoms with Crippen LogP contribution in [0.15, 0.2) is 28.7 Å². The van der Waals surface area contributed by atoms with Gasteiger partial charge < -0.3 is 11.1 Å². The molecule has 0 aliphatic heterocycles. The Balaban J connectivity index is 1.70. The molecule has 2 aliphatic rings. The van der Waals surface area contributed by atoms with Gasteiger partial charge in [0.05, 0.1) is 0 Å². The van der Waals surface area contributed by atoms with Crippen LogP contribution in [0.25, 0.3) is 0 Å². The van der Waals surface area contributed by atoms with Gasteiger partial charge in [0.25, 0.3) is 0 Å². The predicted octanol–water partition coefficient (Wildman–Crippen LogP) is 4.69. The summed E-state index contributed by atoms with van der Waals surface area (Å²) >= 11 is 3.54. The average Bonchev–Trinajstić information content (AvgIpc) is 2.91. The van der Waals surface area contributed by atoms with E-state index < -0.39 is 0 Å². The molecular weight excluding hydrogens is 312 g/mol. The Morgan fingerprint density at radius 1 is 1.05 bits per heavy atom. The Morgan fingerprint density at radius 2 is 1.75 bits per heavy atom. The average molecular weight is 337 g/mol. The third-order valence-electron chi connectivity index (χ3n) is 5.56. The van der Waals surface area contributed by atoms with Gasteiger partial charge in [-0.15, -0.1) is 0 Å². The van der Waals surface area contributed by atoms with Gasteiger partial charge in [0.15, 0.2) is 0 Å². The number of hydrogen-bond donors (Lipinski definition) is 2. The lowest BCUT2D eigenvalue weighted by Gasteiger charge is -2.45. The lowest BCUT2D eigenvalue weighted by molar-refractivity contribution is 0.148. The number of nitrogens with one attached hydrogen (secondary N) is 1. The fraction of sp³-hybridized carbons (Fsp3) is 0.647. The largest absolute Gasteiger partial charge is 0.378 e. The molecule has 0 atom stereocenters. The number of halogens is 1. The van der Waals surface area contributed by atoms with Gasteiger partial charge in [0.2, 0.25) is 0 Å². The monoisotopic (exact) mass is 336 g/mol. The highest BCUT2D eigenvalue weighted by molar-refractivity contribution is 9.10. The van der Waals surface area contributed by atoms with E-state index in [2.05, 4.69) is 45.5 Å². The van der Waals surface area contributed by atoms with Crippen LogP contribution in [0.2, 0.25) is 0 Å². The maximum atomic E-state index is 6.14. The first-order valence-corrected chi connectivity index (χ1v) is 8.69. The van der Waals surface area contributed by atoms with E-state index in [1.54, 1.807) is 0 Å². The molecule has 0 amide bonds. The zero-order valence-corrected chi connectivity index (χ0v) is 13.7. The molecule has 110 valence electrons. The first kappa shape index (κ1) is 14.4. The van der Waals surface area contributed by atoms with Crippen molar-refractivity contribution in [2.24, 2.45) is 11.1 Å². The van der Waals surface area contributed by atoms with Gasteiger partial charge in [0.1, 0.15) is 0 Å². The van der Waals surface area contributed by atoms with Crippen LogP contribution in [0.5, 0.6) is 0 Å². The number of nitrogens with two attached hydrogens (primary N) is 1. The fourth-order valence-corrected chi connectivity index (χ4v) is 4.54. The first-order chi connectivity index (χ1) is 9.65. The van der Waals surface area contributed by atoms with E-state index >= 15 is 0 Å². The first-order valence-electron chi connectivity index (χ1n) is 7.89. The standard InChI is InChI=1S/C17H25BrN2/c18-14-4-3-5-15(12-14)20-17(13-19)10-8-16(9-11-17)6-1-2-7-16/h3-5,12,20H,1-2,6-11,13,19H2. The van der Waals surface area contributed by atoms with E-state index in [9.17, 15) is 0 Å². The molecule has 1 aromatic rings. The second kappa shape index (κ2) is 5.69. The molecule has 0 radical (unpaired) electrons. The third kappa shape index (κ3) is 2.89.